The number of benzene rings is 2. The molecule has 0 unspecified atom stereocenters. The number of aromatic nitrogens is 3. The Balaban J connectivity index is 1.75. The van der Waals surface area contributed by atoms with E-state index in [0.717, 1.165) is 5.56 Å². The molecular weight excluding hydrogens is 399 g/mol. The number of carbonyl (C=O) groups is 1. The second kappa shape index (κ2) is 7.11. The molecule has 8 heteroatoms. The molecule has 24 heavy (non-hydrogen) atoms. The molecule has 0 saturated carbocycles. The molecule has 0 spiro atoms. The first-order valence-corrected chi connectivity index (χ1v) is 8.09. The highest BCUT2D eigenvalue weighted by atomic mass is 79.9. The normalized spacial score (nSPS) is 10.6. The van der Waals surface area contributed by atoms with Crippen molar-refractivity contribution in [1.29, 1.82) is 0 Å². The van der Waals surface area contributed by atoms with Gasteiger partial charge in [0, 0.05) is 4.47 Å². The van der Waals surface area contributed by atoms with Crippen LogP contribution in [0.5, 0.6) is 0 Å². The second-order valence-electron chi connectivity index (χ2n) is 4.95. The van der Waals surface area contributed by atoms with Gasteiger partial charge in [0.25, 0.3) is 5.91 Å². The zero-order valence-corrected chi connectivity index (χ0v) is 14.6. The largest absolute Gasteiger partial charge is 0.317 e. The molecule has 3 aromatic rings. The monoisotopic (exact) mass is 408 g/mol. The van der Waals surface area contributed by atoms with Crippen molar-refractivity contribution in [2.24, 2.45) is 0 Å². The lowest BCUT2D eigenvalue weighted by Gasteiger charge is -2.06. The number of rotatable bonds is 4. The molecule has 0 saturated heterocycles. The molecule has 0 aliphatic heterocycles. The number of hydrogen-bond donors (Lipinski definition) is 1. The van der Waals surface area contributed by atoms with E-state index in [9.17, 15) is 9.18 Å². The highest BCUT2D eigenvalue weighted by Crippen LogP contribution is 2.27. The van der Waals surface area contributed by atoms with Crippen LogP contribution in [0.15, 0.2) is 53.3 Å². The Labute approximate surface area is 150 Å². The fourth-order valence-corrected chi connectivity index (χ4v) is 2.88. The van der Waals surface area contributed by atoms with Crippen LogP contribution >= 0.6 is 27.5 Å². The minimum absolute atomic E-state index is 0.0428. The van der Waals surface area contributed by atoms with Gasteiger partial charge in [-0.25, -0.2) is 14.1 Å². The summed E-state index contributed by atoms with van der Waals surface area (Å²) in [6.07, 6.45) is 1.45. The zero-order chi connectivity index (χ0) is 17.1. The molecule has 1 aromatic heterocycles. The number of hydrogen-bond acceptors (Lipinski definition) is 3. The minimum atomic E-state index is -0.711. The van der Waals surface area contributed by atoms with E-state index in [0.29, 0.717) is 11.0 Å². The lowest BCUT2D eigenvalue weighted by Crippen LogP contribution is -2.15. The van der Waals surface area contributed by atoms with Crippen LogP contribution in [0.3, 0.4) is 0 Å². The number of amides is 1. The summed E-state index contributed by atoms with van der Waals surface area (Å²) in [5, 5.41) is 6.43. The molecule has 1 amide bonds. The van der Waals surface area contributed by atoms with Gasteiger partial charge in [-0.3, -0.25) is 4.79 Å². The van der Waals surface area contributed by atoms with Crippen LogP contribution in [0.25, 0.3) is 0 Å². The van der Waals surface area contributed by atoms with Gasteiger partial charge in [-0.1, -0.05) is 57.9 Å². The average molecular weight is 410 g/mol. The summed E-state index contributed by atoms with van der Waals surface area (Å²) in [6.45, 7) is 0.484. The molecule has 0 aliphatic rings. The summed E-state index contributed by atoms with van der Waals surface area (Å²) in [7, 11) is 0. The molecule has 122 valence electrons. The molecular formula is C16H11BrClFN4O. The minimum Gasteiger partial charge on any atom is -0.317 e. The molecule has 5 nitrogen and oxygen atoms in total. The first-order chi connectivity index (χ1) is 11.5. The molecule has 1 N–H and O–H groups in total. The van der Waals surface area contributed by atoms with Gasteiger partial charge in [-0.15, -0.1) is 5.10 Å². The average Bonchev–Trinajstić information content (AvgIpc) is 3.01. The first-order valence-electron chi connectivity index (χ1n) is 6.92. The van der Waals surface area contributed by atoms with Crippen molar-refractivity contribution in [1.82, 2.24) is 14.8 Å². The van der Waals surface area contributed by atoms with Crippen molar-refractivity contribution in [3.63, 3.8) is 0 Å². The smallest absolute Gasteiger partial charge is 0.295 e. The van der Waals surface area contributed by atoms with Gasteiger partial charge in [-0.05, 0) is 17.7 Å². The third-order valence-electron chi connectivity index (χ3n) is 3.17. The van der Waals surface area contributed by atoms with E-state index < -0.39 is 11.7 Å². The molecule has 2 aromatic carbocycles. The predicted molar refractivity (Wildman–Crippen MR) is 92.6 cm³/mol. The van der Waals surface area contributed by atoms with Crippen LogP contribution in [0, 0.1) is 5.82 Å². The van der Waals surface area contributed by atoms with E-state index >= 15 is 0 Å². The Morgan fingerprint density at radius 2 is 2.04 bits per heavy atom. The van der Waals surface area contributed by atoms with Gasteiger partial charge < -0.3 is 5.32 Å². The number of anilines is 1. The van der Waals surface area contributed by atoms with Crippen molar-refractivity contribution in [3.05, 3.63) is 75.5 Å². The van der Waals surface area contributed by atoms with Crippen molar-refractivity contribution in [2.45, 2.75) is 6.54 Å². The molecule has 0 fully saturated rings. The highest BCUT2D eigenvalue weighted by Gasteiger charge is 2.16. The lowest BCUT2D eigenvalue weighted by atomic mass is 10.2. The summed E-state index contributed by atoms with van der Waals surface area (Å²) in [5.74, 6) is -1.38. The van der Waals surface area contributed by atoms with Crippen molar-refractivity contribution >= 4 is 39.1 Å². The van der Waals surface area contributed by atoms with Crippen LogP contribution in [0.4, 0.5) is 10.1 Å². The topological polar surface area (TPSA) is 59.8 Å². The summed E-state index contributed by atoms with van der Waals surface area (Å²) in [6, 6.07) is 12.5. The first kappa shape index (κ1) is 16.6. The summed E-state index contributed by atoms with van der Waals surface area (Å²) < 4.78 is 16.0. The standard InChI is InChI=1S/C16H11BrClFN4O/c17-11-6-12(18)14(19)13(7-11)21-16(24)15-20-9-23(22-15)8-10-4-2-1-3-5-10/h1-7,9H,8H2,(H,21,24). The summed E-state index contributed by atoms with van der Waals surface area (Å²) >= 11 is 8.95. The van der Waals surface area contributed by atoms with Gasteiger partial charge in [0.05, 0.1) is 17.3 Å². The third-order valence-corrected chi connectivity index (χ3v) is 3.90. The van der Waals surface area contributed by atoms with Crippen molar-refractivity contribution in [3.8, 4) is 0 Å². The van der Waals surface area contributed by atoms with Gasteiger partial charge >= 0.3 is 0 Å². The number of nitrogens with zero attached hydrogens (tertiary/aromatic N) is 3. The van der Waals surface area contributed by atoms with E-state index in [1.165, 1.54) is 23.1 Å². The van der Waals surface area contributed by atoms with Crippen molar-refractivity contribution < 1.29 is 9.18 Å². The fraction of sp³-hybridized carbons (Fsp3) is 0.0625. The van der Waals surface area contributed by atoms with E-state index in [-0.39, 0.29) is 16.5 Å². The summed E-state index contributed by atoms with van der Waals surface area (Å²) in [5.41, 5.74) is 0.984. The SMILES string of the molecule is O=C(Nc1cc(Br)cc(Cl)c1F)c1ncn(Cc2ccccc2)n1. The van der Waals surface area contributed by atoms with E-state index in [1.807, 2.05) is 30.3 Å². The second-order valence-corrected chi connectivity index (χ2v) is 6.28. The Morgan fingerprint density at radius 3 is 2.79 bits per heavy atom. The Hall–Kier alpha value is -2.25. The van der Waals surface area contributed by atoms with E-state index in [1.54, 1.807) is 0 Å². The maximum atomic E-state index is 13.9. The van der Waals surface area contributed by atoms with Gasteiger partial charge in [0.2, 0.25) is 5.82 Å². The third kappa shape index (κ3) is 3.80. The van der Waals surface area contributed by atoms with Gasteiger partial charge in [-0.2, -0.15) is 0 Å². The Bertz CT molecular complexity index is 885. The van der Waals surface area contributed by atoms with Crippen LogP contribution in [0.2, 0.25) is 5.02 Å². The zero-order valence-electron chi connectivity index (χ0n) is 12.2. The van der Waals surface area contributed by atoms with Gasteiger partial charge in [0.15, 0.2) is 5.82 Å². The number of nitrogens with one attached hydrogen (secondary N) is 1. The maximum Gasteiger partial charge on any atom is 0.295 e. The molecule has 3 rings (SSSR count). The maximum absolute atomic E-state index is 13.9. The lowest BCUT2D eigenvalue weighted by molar-refractivity contribution is 0.101. The fourth-order valence-electron chi connectivity index (χ4n) is 2.07. The summed E-state index contributed by atoms with van der Waals surface area (Å²) in [4.78, 5) is 16.1. The quantitative estimate of drug-likeness (QED) is 0.659. The van der Waals surface area contributed by atoms with Crippen LogP contribution in [-0.4, -0.2) is 20.7 Å². The molecule has 0 bridgehead atoms. The molecule has 1 heterocycles. The van der Waals surface area contributed by atoms with E-state index in [4.69, 9.17) is 11.6 Å². The molecule has 0 aliphatic carbocycles. The van der Waals surface area contributed by atoms with Gasteiger partial charge in [0.1, 0.15) is 6.33 Å². The van der Waals surface area contributed by atoms with Crippen LogP contribution in [-0.2, 0) is 6.54 Å². The Morgan fingerprint density at radius 1 is 1.29 bits per heavy atom. The number of carbonyl (C=O) groups excluding carboxylic acids is 1. The van der Waals surface area contributed by atoms with Crippen LogP contribution < -0.4 is 5.32 Å². The predicted octanol–water partition coefficient (Wildman–Crippen LogP) is 4.13. The molecule has 0 atom stereocenters. The van der Waals surface area contributed by atoms with Crippen molar-refractivity contribution in [2.75, 3.05) is 5.32 Å². The molecule has 0 radical (unpaired) electrons. The number of halogens is 3. The highest BCUT2D eigenvalue weighted by molar-refractivity contribution is 9.10. The van der Waals surface area contributed by atoms with E-state index in [2.05, 4.69) is 31.3 Å². The van der Waals surface area contributed by atoms with Crippen LogP contribution in [0.1, 0.15) is 16.2 Å². The Kier molecular flexibility index (Phi) is 4.92.